The fourth-order valence-electron chi connectivity index (χ4n) is 3.34. The average Bonchev–Trinajstić information content (AvgIpc) is 3.18. The van der Waals surface area contributed by atoms with Gasteiger partial charge in [0.25, 0.3) is 10.0 Å². The summed E-state index contributed by atoms with van der Waals surface area (Å²) in [6.07, 6.45) is 0. The van der Waals surface area contributed by atoms with Gasteiger partial charge in [0.15, 0.2) is 5.16 Å². The number of nitrogens with zero attached hydrogens (tertiary/aromatic N) is 2. The molecule has 0 bridgehead atoms. The lowest BCUT2D eigenvalue weighted by atomic mass is 10.0. The predicted molar refractivity (Wildman–Crippen MR) is 127 cm³/mol. The number of hydrogen-bond acceptors (Lipinski definition) is 5. The molecular weight excluding hydrogens is 442 g/mol. The molecule has 0 aliphatic rings. The van der Waals surface area contributed by atoms with Crippen LogP contribution in [-0.4, -0.2) is 29.0 Å². The van der Waals surface area contributed by atoms with E-state index in [-0.39, 0.29) is 21.7 Å². The van der Waals surface area contributed by atoms with Crippen molar-refractivity contribution in [3.8, 4) is 0 Å². The summed E-state index contributed by atoms with van der Waals surface area (Å²) in [6, 6.07) is 23.2. The quantitative estimate of drug-likeness (QED) is 0.330. The minimum absolute atomic E-state index is 0.0829. The zero-order valence-electron chi connectivity index (χ0n) is 17.8. The number of para-hydroxylation sites is 2. The number of imidazole rings is 1. The molecule has 0 fully saturated rings. The van der Waals surface area contributed by atoms with E-state index in [0.717, 1.165) is 17.4 Å². The predicted octanol–water partition coefficient (Wildman–Crippen LogP) is 3.91. The first kappa shape index (κ1) is 22.3. The van der Waals surface area contributed by atoms with Crippen LogP contribution in [0.25, 0.3) is 11.0 Å². The van der Waals surface area contributed by atoms with Gasteiger partial charge < -0.3 is 0 Å². The van der Waals surface area contributed by atoms with Crippen LogP contribution < -0.4 is 5.32 Å². The number of fused-ring (bicyclic) bond motifs is 1. The van der Waals surface area contributed by atoms with Gasteiger partial charge in [-0.15, -0.1) is 0 Å². The van der Waals surface area contributed by atoms with E-state index in [1.54, 1.807) is 53.8 Å². The van der Waals surface area contributed by atoms with E-state index in [9.17, 15) is 13.2 Å². The summed E-state index contributed by atoms with van der Waals surface area (Å²) in [5.41, 5.74) is 3.09. The fraction of sp³-hybridized carbons (Fsp3) is 0.167. The number of hydrogen-bond donors (Lipinski definition) is 1. The summed E-state index contributed by atoms with van der Waals surface area (Å²) in [7, 11) is -3.86. The minimum Gasteiger partial charge on any atom is -0.250 e. The number of benzene rings is 3. The summed E-state index contributed by atoms with van der Waals surface area (Å²) in [5.74, 6) is 0.400. The Morgan fingerprint density at radius 1 is 0.969 bits per heavy atom. The number of nitrogens with two attached hydrogens (primary N) is 1. The molecule has 4 aromatic rings. The van der Waals surface area contributed by atoms with Gasteiger partial charge in [-0.3, -0.25) is 5.32 Å². The van der Waals surface area contributed by atoms with E-state index in [1.165, 1.54) is 9.54 Å². The molecule has 2 N–H and O–H groups in total. The molecule has 32 heavy (non-hydrogen) atoms. The zero-order valence-corrected chi connectivity index (χ0v) is 19.4. The van der Waals surface area contributed by atoms with Crippen LogP contribution in [0.1, 0.15) is 25.3 Å². The Bertz CT molecular complexity index is 1350. The van der Waals surface area contributed by atoms with Gasteiger partial charge in [0, 0.05) is 0 Å². The Kier molecular flexibility index (Phi) is 6.45. The number of thioether (sulfide) groups is 1. The lowest BCUT2D eigenvalue weighted by Gasteiger charge is -2.10. The maximum Gasteiger partial charge on any atom is 0.325 e. The number of carbonyl (C=O) groups is 1. The number of rotatable bonds is 7. The molecular formula is C24H24N3O3S2+. The molecule has 0 atom stereocenters. The Morgan fingerprint density at radius 2 is 1.62 bits per heavy atom. The number of amides is 1. The molecule has 8 heteroatoms. The Morgan fingerprint density at radius 3 is 2.31 bits per heavy atom. The molecule has 3 aromatic carbocycles. The SMILES string of the molecule is CC(C)c1ccc([NH2+]C(=O)CSc2nc3ccccc3n2S(=O)(=O)c2ccccc2)cc1. The molecule has 0 spiro atoms. The van der Waals surface area contributed by atoms with Crippen molar-refractivity contribution in [2.45, 2.75) is 29.8 Å². The highest BCUT2D eigenvalue weighted by Gasteiger charge is 2.25. The van der Waals surface area contributed by atoms with E-state index in [1.807, 2.05) is 30.3 Å². The van der Waals surface area contributed by atoms with Crippen molar-refractivity contribution in [2.75, 3.05) is 5.75 Å². The van der Waals surface area contributed by atoms with E-state index in [2.05, 4.69) is 18.8 Å². The molecule has 6 nitrogen and oxygen atoms in total. The molecule has 0 radical (unpaired) electrons. The molecule has 1 heterocycles. The third-order valence-corrected chi connectivity index (χ3v) is 7.84. The maximum absolute atomic E-state index is 13.4. The van der Waals surface area contributed by atoms with E-state index >= 15 is 0 Å². The minimum atomic E-state index is -3.86. The summed E-state index contributed by atoms with van der Waals surface area (Å²) in [5, 5.41) is 1.85. The van der Waals surface area contributed by atoms with Crippen LogP contribution in [0, 0.1) is 0 Å². The van der Waals surface area contributed by atoms with Crippen molar-refractivity contribution >= 4 is 44.4 Å². The first-order chi connectivity index (χ1) is 15.4. The molecule has 0 unspecified atom stereocenters. The topological polar surface area (TPSA) is 85.6 Å². The highest BCUT2D eigenvalue weighted by atomic mass is 32.2. The molecule has 0 aliphatic heterocycles. The normalized spacial score (nSPS) is 11.8. The second-order valence-corrected chi connectivity index (χ2v) is 10.4. The van der Waals surface area contributed by atoms with E-state index < -0.39 is 10.0 Å². The van der Waals surface area contributed by atoms with Crippen LogP contribution in [0.2, 0.25) is 0 Å². The third kappa shape index (κ3) is 4.62. The molecule has 0 aliphatic carbocycles. The van der Waals surface area contributed by atoms with Crippen LogP contribution in [0.5, 0.6) is 0 Å². The van der Waals surface area contributed by atoms with E-state index in [4.69, 9.17) is 0 Å². The molecule has 1 amide bonds. The highest BCUT2D eigenvalue weighted by Crippen LogP contribution is 2.28. The summed E-state index contributed by atoms with van der Waals surface area (Å²) in [6.45, 7) is 4.24. The Balaban J connectivity index is 1.58. The van der Waals surface area contributed by atoms with Crippen molar-refractivity contribution in [3.05, 3.63) is 84.4 Å². The largest absolute Gasteiger partial charge is 0.325 e. The third-order valence-electron chi connectivity index (χ3n) is 5.05. The molecule has 164 valence electrons. The van der Waals surface area contributed by atoms with Gasteiger partial charge in [-0.25, -0.2) is 22.2 Å². The lowest BCUT2D eigenvalue weighted by Crippen LogP contribution is -2.83. The molecule has 4 rings (SSSR count). The standard InChI is InChI=1S/C24H23N3O3S2/c1-17(2)18-12-14-19(15-13-18)25-23(28)16-31-24-26-21-10-6-7-11-22(21)27(24)32(29,30)20-8-4-3-5-9-20/h3-15,17H,16H2,1-2H3,(H,25,28)/p+1. The fourth-order valence-corrected chi connectivity index (χ4v) is 5.90. The van der Waals surface area contributed by atoms with Gasteiger partial charge in [-0.2, -0.15) is 0 Å². The van der Waals surface area contributed by atoms with Crippen LogP contribution in [0.15, 0.2) is 88.9 Å². The average molecular weight is 467 g/mol. The second kappa shape index (κ2) is 9.28. The maximum atomic E-state index is 13.4. The first-order valence-corrected chi connectivity index (χ1v) is 12.7. The second-order valence-electron chi connectivity index (χ2n) is 7.69. The molecule has 0 saturated heterocycles. The summed E-state index contributed by atoms with van der Waals surface area (Å²) < 4.78 is 28.0. The van der Waals surface area contributed by atoms with Crippen molar-refractivity contribution in [2.24, 2.45) is 0 Å². The zero-order chi connectivity index (χ0) is 22.7. The van der Waals surface area contributed by atoms with Gasteiger partial charge in [-0.1, -0.05) is 68.1 Å². The number of aromatic nitrogens is 2. The summed E-state index contributed by atoms with van der Waals surface area (Å²) >= 11 is 1.12. The van der Waals surface area contributed by atoms with Gasteiger partial charge >= 0.3 is 5.91 Å². The van der Waals surface area contributed by atoms with E-state index in [0.29, 0.717) is 17.0 Å². The monoisotopic (exact) mass is 466 g/mol. The first-order valence-electron chi connectivity index (χ1n) is 10.2. The Hall–Kier alpha value is -2.94. The number of primary amides is 1. The van der Waals surface area contributed by atoms with Crippen LogP contribution in [-0.2, 0) is 14.8 Å². The lowest BCUT2D eigenvalue weighted by molar-refractivity contribution is -0.481. The van der Waals surface area contributed by atoms with Crippen LogP contribution >= 0.6 is 11.8 Å². The number of carbonyl (C=O) groups excluding carboxylic acids is 1. The van der Waals surface area contributed by atoms with Gasteiger partial charge in [0.2, 0.25) is 0 Å². The van der Waals surface area contributed by atoms with Gasteiger partial charge in [-0.05, 0) is 47.9 Å². The molecule has 0 saturated carbocycles. The number of quaternary nitrogens is 1. The van der Waals surface area contributed by atoms with Crippen molar-refractivity contribution in [1.82, 2.24) is 8.96 Å². The van der Waals surface area contributed by atoms with Gasteiger partial charge in [0.05, 0.1) is 15.9 Å². The van der Waals surface area contributed by atoms with Gasteiger partial charge in [0.1, 0.15) is 11.4 Å². The molecule has 1 aromatic heterocycles. The highest BCUT2D eigenvalue weighted by molar-refractivity contribution is 8.00. The van der Waals surface area contributed by atoms with Crippen molar-refractivity contribution in [3.63, 3.8) is 0 Å². The Labute approximate surface area is 191 Å². The van der Waals surface area contributed by atoms with Crippen molar-refractivity contribution < 1.29 is 18.5 Å². The van der Waals surface area contributed by atoms with Crippen molar-refractivity contribution in [1.29, 1.82) is 0 Å². The van der Waals surface area contributed by atoms with Crippen LogP contribution in [0.3, 0.4) is 0 Å². The summed E-state index contributed by atoms with van der Waals surface area (Å²) in [4.78, 5) is 17.3. The van der Waals surface area contributed by atoms with Crippen LogP contribution in [0.4, 0.5) is 5.69 Å². The smallest absolute Gasteiger partial charge is 0.250 e.